The van der Waals surface area contributed by atoms with Crippen LogP contribution in [-0.2, 0) is 37.4 Å². The average molecular weight is 731 g/mol. The van der Waals surface area contributed by atoms with Crippen molar-refractivity contribution in [3.05, 3.63) is 0 Å². The molecule has 0 saturated carbocycles. The van der Waals surface area contributed by atoms with Crippen LogP contribution >= 0.6 is 17.1 Å². The van der Waals surface area contributed by atoms with Crippen LogP contribution in [0.4, 0.5) is 0 Å². The van der Waals surface area contributed by atoms with Gasteiger partial charge in [-0.15, -0.1) is 0 Å². The third-order valence-electron chi connectivity index (χ3n) is 8.50. The molecule has 6 heteroatoms. The maximum atomic E-state index is 10.4. The molecular weight excluding hydrogens is 655 g/mol. The van der Waals surface area contributed by atoms with Crippen molar-refractivity contribution in [3.8, 4) is 0 Å². The predicted octanol–water partition coefficient (Wildman–Crippen LogP) is 14.5. The summed E-state index contributed by atoms with van der Waals surface area (Å²) in [5.74, 6) is 0.950. The molecule has 0 aliphatic carbocycles. The molecule has 0 bridgehead atoms. The van der Waals surface area contributed by atoms with Crippen molar-refractivity contribution in [2.24, 2.45) is 0 Å². The zero-order chi connectivity index (χ0) is 30.0. The van der Waals surface area contributed by atoms with E-state index in [2.05, 4.69) is 13.8 Å². The van der Waals surface area contributed by atoms with Gasteiger partial charge in [0.15, 0.2) is 0 Å². The molecule has 0 spiro atoms. The molecule has 0 aromatic rings. The Morgan fingerprint density at radius 3 is 0.952 bits per heavy atom. The zero-order valence-electron chi connectivity index (χ0n) is 28.6. The van der Waals surface area contributed by atoms with Crippen molar-refractivity contribution in [1.82, 2.24) is 0 Å². The first-order valence-electron chi connectivity index (χ1n) is 18.7. The topological polar surface area (TPSA) is 29.5 Å². The second kappa shape index (κ2) is 38.8. The average Bonchev–Trinajstić information content (AvgIpc) is 2.96. The number of hydrogen-bond donors (Lipinski definition) is 1. The monoisotopic (exact) mass is 732 g/mol. The summed E-state index contributed by atoms with van der Waals surface area (Å²) < 4.78 is 5.72. The second-order valence-electron chi connectivity index (χ2n) is 12.7. The van der Waals surface area contributed by atoms with Gasteiger partial charge in [-0.1, -0.05) is 218 Å². The molecule has 254 valence electrons. The molecule has 1 N–H and O–H groups in total. The summed E-state index contributed by atoms with van der Waals surface area (Å²) in [6.07, 6.45) is 44.2. The molecule has 0 rings (SSSR count). The van der Waals surface area contributed by atoms with Gasteiger partial charge in [0.2, 0.25) is 5.69 Å². The molecule has 0 aliphatic rings. The molecule has 0 aliphatic heterocycles. The van der Waals surface area contributed by atoms with Gasteiger partial charge < -0.3 is 9.42 Å². The van der Waals surface area contributed by atoms with E-state index in [1.165, 1.54) is 204 Å². The fourth-order valence-corrected chi connectivity index (χ4v) is 9.12. The zero-order valence-corrected chi connectivity index (χ0v) is 33.1. The molecular formula is C36H75MoO2PS2. The van der Waals surface area contributed by atoms with Crippen LogP contribution in [0.3, 0.4) is 0 Å². The van der Waals surface area contributed by atoms with E-state index < -0.39 is 5.69 Å². The Hall–Kier alpha value is 1.61. The Bertz CT molecular complexity index is 497. The fourth-order valence-electron chi connectivity index (χ4n) is 5.70. The molecule has 0 amide bonds. The van der Waals surface area contributed by atoms with E-state index in [0.29, 0.717) is 6.61 Å². The summed E-state index contributed by atoms with van der Waals surface area (Å²) >= 11 is 6.88. The fraction of sp³-hybridized carbons (Fsp3) is 1.00. The van der Waals surface area contributed by atoms with Crippen molar-refractivity contribution in [1.29, 1.82) is 0 Å². The summed E-state index contributed by atoms with van der Waals surface area (Å²) in [5, 5.41) is 0. The van der Waals surface area contributed by atoms with Crippen molar-refractivity contribution >= 4 is 28.9 Å². The molecule has 42 heavy (non-hydrogen) atoms. The van der Waals surface area contributed by atoms with Crippen LogP contribution in [0, 0.1) is 0 Å². The van der Waals surface area contributed by atoms with E-state index >= 15 is 0 Å². The summed E-state index contributed by atoms with van der Waals surface area (Å²) in [7, 11) is 0. The van der Waals surface area contributed by atoms with Crippen LogP contribution in [0.15, 0.2) is 0 Å². The van der Waals surface area contributed by atoms with Gasteiger partial charge in [-0.25, -0.2) is 0 Å². The maximum Gasteiger partial charge on any atom is 0.244 e. The quantitative estimate of drug-likeness (QED) is 0.0395. The first-order valence-corrected chi connectivity index (χ1v) is 23.0. The predicted molar refractivity (Wildman–Crippen MR) is 194 cm³/mol. The molecule has 0 aromatic carbocycles. The van der Waals surface area contributed by atoms with Crippen LogP contribution in [0.5, 0.6) is 0 Å². The van der Waals surface area contributed by atoms with Gasteiger partial charge in [0.1, 0.15) is 0 Å². The number of hydrogen-bond acceptors (Lipinski definition) is 3. The Morgan fingerprint density at radius 2 is 0.667 bits per heavy atom. The van der Waals surface area contributed by atoms with Crippen molar-refractivity contribution < 1.29 is 30.5 Å². The third kappa shape index (κ3) is 39.6. The van der Waals surface area contributed by atoms with E-state index in [-0.39, 0.29) is 21.1 Å². The largest absolute Gasteiger partial charge is 0.337 e. The van der Waals surface area contributed by atoms with Gasteiger partial charge >= 0.3 is 0 Å². The number of unbranched alkanes of at least 4 members (excludes halogenated alkanes) is 30. The van der Waals surface area contributed by atoms with Gasteiger partial charge in [0.05, 0.1) is 6.61 Å². The molecule has 0 heterocycles. The standard InChI is InChI=1S/C36H75O2PS2.Mo/c1-3-5-7-9-11-13-15-17-19-21-23-25-27-29-31-33-35-38-39(37,40)41-36-34-32-30-28-26-24-22-20-18-16-14-12-10-8-6-4-2;/h3-36H2,1-2H3,(H,37,40);. The van der Waals surface area contributed by atoms with Gasteiger partial charge in [0.25, 0.3) is 0 Å². The van der Waals surface area contributed by atoms with E-state index in [4.69, 9.17) is 16.3 Å². The number of rotatable bonds is 36. The Labute approximate surface area is 289 Å². The normalized spacial score (nSPS) is 12.8. The first kappa shape index (κ1) is 45.7. The van der Waals surface area contributed by atoms with E-state index in [1.54, 1.807) is 0 Å². The van der Waals surface area contributed by atoms with Crippen LogP contribution in [0.25, 0.3) is 0 Å². The summed E-state index contributed by atoms with van der Waals surface area (Å²) in [6.45, 7) is 5.22. The van der Waals surface area contributed by atoms with E-state index in [1.807, 2.05) is 0 Å². The molecule has 1 unspecified atom stereocenters. The van der Waals surface area contributed by atoms with Crippen molar-refractivity contribution in [3.63, 3.8) is 0 Å². The summed E-state index contributed by atoms with van der Waals surface area (Å²) in [6, 6.07) is 0. The third-order valence-corrected chi connectivity index (χ3v) is 12.9. The van der Waals surface area contributed by atoms with E-state index in [9.17, 15) is 4.89 Å². The Morgan fingerprint density at radius 1 is 0.429 bits per heavy atom. The SMILES string of the molecule is CCCCCCCCCCCCCCCCCCOP(O)(=S)SCCCCCCCCCCCCCCCCCC.[Mo]. The van der Waals surface area contributed by atoms with Gasteiger partial charge in [-0.2, -0.15) is 0 Å². The minimum atomic E-state index is -2.62. The van der Waals surface area contributed by atoms with Gasteiger partial charge in [-0.05, 0) is 24.6 Å². The van der Waals surface area contributed by atoms with Gasteiger partial charge in [0, 0.05) is 26.8 Å². The molecule has 2 nitrogen and oxygen atoms in total. The first-order chi connectivity index (χ1) is 20.1. The minimum absolute atomic E-state index is 0. The van der Waals surface area contributed by atoms with E-state index in [0.717, 1.165) is 18.6 Å². The van der Waals surface area contributed by atoms with Gasteiger partial charge in [-0.3, -0.25) is 0 Å². The summed E-state index contributed by atoms with van der Waals surface area (Å²) in [5.41, 5.74) is -2.62. The minimum Gasteiger partial charge on any atom is -0.337 e. The van der Waals surface area contributed by atoms with Crippen LogP contribution in [0.2, 0.25) is 0 Å². The Balaban J connectivity index is 0. The second-order valence-corrected chi connectivity index (χ2v) is 19.0. The van der Waals surface area contributed by atoms with Crippen LogP contribution < -0.4 is 0 Å². The Kier molecular flexibility index (Phi) is 42.2. The smallest absolute Gasteiger partial charge is 0.244 e. The molecule has 1 atom stereocenters. The van der Waals surface area contributed by atoms with Crippen molar-refractivity contribution in [2.45, 2.75) is 219 Å². The van der Waals surface area contributed by atoms with Crippen LogP contribution in [-0.4, -0.2) is 17.3 Å². The molecule has 0 radical (unpaired) electrons. The van der Waals surface area contributed by atoms with Crippen molar-refractivity contribution in [2.75, 3.05) is 12.4 Å². The molecule has 0 saturated heterocycles. The molecule has 0 aromatic heterocycles. The summed E-state index contributed by atoms with van der Waals surface area (Å²) in [4.78, 5) is 10.4. The van der Waals surface area contributed by atoms with Crippen LogP contribution in [0.1, 0.15) is 219 Å². The maximum absolute atomic E-state index is 10.4. The molecule has 0 fully saturated rings.